The van der Waals surface area contributed by atoms with Crippen LogP contribution in [0.25, 0.3) is 22.7 Å². The number of hydrogen-bond donors (Lipinski definition) is 0. The fourth-order valence-corrected chi connectivity index (χ4v) is 3.38. The van der Waals surface area contributed by atoms with Crippen molar-refractivity contribution in [3.8, 4) is 5.69 Å². The lowest BCUT2D eigenvalue weighted by atomic mass is 9.96. The van der Waals surface area contributed by atoms with Crippen molar-refractivity contribution in [1.82, 2.24) is 4.57 Å². The van der Waals surface area contributed by atoms with Gasteiger partial charge in [0.1, 0.15) is 0 Å². The molecule has 1 aliphatic rings. The molecule has 0 amide bonds. The molecule has 1 nitrogen and oxygen atoms in total. The van der Waals surface area contributed by atoms with E-state index in [4.69, 9.17) is 0 Å². The van der Waals surface area contributed by atoms with Crippen LogP contribution < -0.4 is 0 Å². The molecule has 3 aromatic rings. The molecule has 0 atom stereocenters. The van der Waals surface area contributed by atoms with Crippen LogP contribution in [-0.2, 0) is 6.42 Å². The maximum Gasteiger partial charge on any atom is 0.0540 e. The normalized spacial score (nSPS) is 14.1. The number of fused-ring (bicyclic) bond motifs is 3. The zero-order chi connectivity index (χ0) is 14.4. The van der Waals surface area contributed by atoms with Crippen LogP contribution in [0.2, 0.25) is 0 Å². The van der Waals surface area contributed by atoms with Gasteiger partial charge in [0, 0.05) is 16.8 Å². The number of rotatable bonds is 1. The molecule has 1 aliphatic carbocycles. The summed E-state index contributed by atoms with van der Waals surface area (Å²) in [6.45, 7) is 4.41. The van der Waals surface area contributed by atoms with Crippen molar-refractivity contribution in [3.05, 3.63) is 70.9 Å². The average molecular weight is 273 g/mol. The van der Waals surface area contributed by atoms with E-state index in [1.54, 1.807) is 0 Å². The van der Waals surface area contributed by atoms with Crippen LogP contribution in [0.1, 0.15) is 30.2 Å². The van der Waals surface area contributed by atoms with Gasteiger partial charge in [0.2, 0.25) is 0 Å². The largest absolute Gasteiger partial charge is 0.310 e. The van der Waals surface area contributed by atoms with Crippen molar-refractivity contribution in [2.75, 3.05) is 0 Å². The minimum atomic E-state index is 1.15. The van der Waals surface area contributed by atoms with Gasteiger partial charge >= 0.3 is 0 Å². The third kappa shape index (κ3) is 1.92. The van der Waals surface area contributed by atoms with Gasteiger partial charge in [-0.1, -0.05) is 35.9 Å². The van der Waals surface area contributed by atoms with Crippen LogP contribution in [0.3, 0.4) is 0 Å². The van der Waals surface area contributed by atoms with Crippen LogP contribution in [0.15, 0.2) is 54.1 Å². The SMILES string of the molecule is CC1=Cc2c(c3ccc(C)cc3n2-c2ccccc2)CC1. The molecule has 1 heterocycles. The number of nitrogens with zero attached hydrogens (tertiary/aromatic N) is 1. The number of benzene rings is 2. The average Bonchev–Trinajstić information content (AvgIpc) is 2.80. The van der Waals surface area contributed by atoms with Gasteiger partial charge in [-0.05, 0) is 62.1 Å². The van der Waals surface area contributed by atoms with Crippen LogP contribution in [0, 0.1) is 6.92 Å². The van der Waals surface area contributed by atoms with Crippen molar-refractivity contribution in [2.45, 2.75) is 26.7 Å². The molecule has 0 radical (unpaired) electrons. The summed E-state index contributed by atoms with van der Waals surface area (Å²) >= 11 is 0. The lowest BCUT2D eigenvalue weighted by molar-refractivity contribution is 0.917. The highest BCUT2D eigenvalue weighted by molar-refractivity contribution is 5.91. The van der Waals surface area contributed by atoms with E-state index >= 15 is 0 Å². The predicted molar refractivity (Wildman–Crippen MR) is 90.0 cm³/mol. The number of aryl methyl sites for hydroxylation is 2. The Balaban J connectivity index is 2.14. The van der Waals surface area contributed by atoms with Gasteiger partial charge in [0.15, 0.2) is 0 Å². The lowest BCUT2D eigenvalue weighted by Crippen LogP contribution is -2.01. The number of hydrogen-bond acceptors (Lipinski definition) is 0. The van der Waals surface area contributed by atoms with E-state index < -0.39 is 0 Å². The quantitative estimate of drug-likeness (QED) is 0.568. The minimum Gasteiger partial charge on any atom is -0.310 e. The monoisotopic (exact) mass is 273 g/mol. The highest BCUT2D eigenvalue weighted by atomic mass is 15.0. The van der Waals surface area contributed by atoms with E-state index in [1.165, 1.54) is 45.4 Å². The van der Waals surface area contributed by atoms with E-state index in [9.17, 15) is 0 Å². The van der Waals surface area contributed by atoms with Crippen molar-refractivity contribution in [1.29, 1.82) is 0 Å². The Morgan fingerprint density at radius 3 is 2.52 bits per heavy atom. The van der Waals surface area contributed by atoms with Gasteiger partial charge in [0.05, 0.1) is 5.52 Å². The second-order valence-electron chi connectivity index (χ2n) is 6.05. The van der Waals surface area contributed by atoms with Gasteiger partial charge in [-0.3, -0.25) is 0 Å². The highest BCUT2D eigenvalue weighted by Gasteiger charge is 2.19. The molecule has 0 saturated carbocycles. The standard InChI is InChI=1S/C20H19N/c1-14-8-10-17-18-11-9-15(2)13-20(18)21(19(17)12-14)16-6-4-3-5-7-16/h3-8,10,12-13H,9,11H2,1-2H3. The molecule has 0 saturated heterocycles. The summed E-state index contributed by atoms with van der Waals surface area (Å²) in [6, 6.07) is 17.5. The summed E-state index contributed by atoms with van der Waals surface area (Å²) < 4.78 is 2.42. The van der Waals surface area contributed by atoms with E-state index in [1.807, 2.05) is 0 Å². The summed E-state index contributed by atoms with van der Waals surface area (Å²) in [5, 5.41) is 1.41. The maximum atomic E-state index is 2.42. The zero-order valence-corrected chi connectivity index (χ0v) is 12.6. The third-order valence-corrected chi connectivity index (χ3v) is 4.44. The Hall–Kier alpha value is -2.28. The molecule has 1 aromatic heterocycles. The Bertz CT molecular complexity index is 850. The fourth-order valence-electron chi connectivity index (χ4n) is 3.38. The smallest absolute Gasteiger partial charge is 0.0540 e. The molecule has 104 valence electrons. The minimum absolute atomic E-state index is 1.15. The summed E-state index contributed by atoms with van der Waals surface area (Å²) in [6.07, 6.45) is 4.69. The highest BCUT2D eigenvalue weighted by Crippen LogP contribution is 2.35. The Morgan fingerprint density at radius 1 is 0.905 bits per heavy atom. The Kier molecular flexibility index (Phi) is 2.75. The van der Waals surface area contributed by atoms with Gasteiger partial charge in [-0.25, -0.2) is 0 Å². The topological polar surface area (TPSA) is 4.93 Å². The van der Waals surface area contributed by atoms with Gasteiger partial charge in [-0.15, -0.1) is 0 Å². The van der Waals surface area contributed by atoms with Crippen molar-refractivity contribution in [2.24, 2.45) is 0 Å². The fraction of sp³-hybridized carbons (Fsp3) is 0.200. The van der Waals surface area contributed by atoms with E-state index in [0.29, 0.717) is 0 Å². The van der Waals surface area contributed by atoms with Gasteiger partial charge < -0.3 is 4.57 Å². The number of aromatic nitrogens is 1. The van der Waals surface area contributed by atoms with Crippen molar-refractivity contribution in [3.63, 3.8) is 0 Å². The van der Waals surface area contributed by atoms with E-state index in [0.717, 1.165) is 6.42 Å². The third-order valence-electron chi connectivity index (χ3n) is 4.44. The molecule has 0 unspecified atom stereocenters. The molecule has 0 bridgehead atoms. The Morgan fingerprint density at radius 2 is 1.71 bits per heavy atom. The molecule has 1 heteroatoms. The van der Waals surface area contributed by atoms with Crippen LogP contribution in [0.4, 0.5) is 0 Å². The van der Waals surface area contributed by atoms with Crippen LogP contribution >= 0.6 is 0 Å². The first kappa shape index (κ1) is 12.5. The summed E-state index contributed by atoms with van der Waals surface area (Å²) in [4.78, 5) is 0. The predicted octanol–water partition coefficient (Wildman–Crippen LogP) is 5.29. The first-order valence-electron chi connectivity index (χ1n) is 7.60. The number of para-hydroxylation sites is 1. The molecule has 0 spiro atoms. The zero-order valence-electron chi connectivity index (χ0n) is 12.6. The van der Waals surface area contributed by atoms with Crippen LogP contribution in [-0.4, -0.2) is 4.57 Å². The summed E-state index contributed by atoms with van der Waals surface area (Å²) in [7, 11) is 0. The second-order valence-corrected chi connectivity index (χ2v) is 6.05. The van der Waals surface area contributed by atoms with E-state index in [2.05, 4.69) is 73.0 Å². The lowest BCUT2D eigenvalue weighted by Gasteiger charge is -2.14. The first-order chi connectivity index (χ1) is 10.2. The Labute approximate surface area is 125 Å². The molecule has 0 fully saturated rings. The molecule has 21 heavy (non-hydrogen) atoms. The number of allylic oxidation sites excluding steroid dienone is 1. The van der Waals surface area contributed by atoms with Crippen LogP contribution in [0.5, 0.6) is 0 Å². The van der Waals surface area contributed by atoms with Gasteiger partial charge in [0.25, 0.3) is 0 Å². The van der Waals surface area contributed by atoms with Crippen molar-refractivity contribution >= 4 is 17.0 Å². The molecular weight excluding hydrogens is 254 g/mol. The first-order valence-corrected chi connectivity index (χ1v) is 7.60. The van der Waals surface area contributed by atoms with Gasteiger partial charge in [-0.2, -0.15) is 0 Å². The maximum absolute atomic E-state index is 2.42. The molecular formula is C20H19N. The second kappa shape index (κ2) is 4.63. The van der Waals surface area contributed by atoms with E-state index in [-0.39, 0.29) is 0 Å². The molecule has 0 N–H and O–H groups in total. The summed E-state index contributed by atoms with van der Waals surface area (Å²) in [5.74, 6) is 0. The molecule has 4 rings (SSSR count). The summed E-state index contributed by atoms with van der Waals surface area (Å²) in [5.41, 5.74) is 8.23. The molecule has 2 aromatic carbocycles. The van der Waals surface area contributed by atoms with Crippen molar-refractivity contribution < 1.29 is 0 Å². The molecule has 0 aliphatic heterocycles.